The van der Waals surface area contributed by atoms with Crippen LogP contribution in [0.3, 0.4) is 0 Å². The fraction of sp³-hybridized carbons (Fsp3) is 0.143. The summed E-state index contributed by atoms with van der Waals surface area (Å²) in [5.41, 5.74) is 1.56. The van der Waals surface area contributed by atoms with Crippen molar-refractivity contribution in [3.05, 3.63) is 47.9 Å². The lowest BCUT2D eigenvalue weighted by molar-refractivity contribution is -0.114. The number of nitrogens with one attached hydrogen (secondary N) is 1. The summed E-state index contributed by atoms with van der Waals surface area (Å²) in [6, 6.07) is 11.0. The van der Waals surface area contributed by atoms with E-state index in [1.54, 1.807) is 6.21 Å². The number of benzene rings is 1. The van der Waals surface area contributed by atoms with Crippen molar-refractivity contribution in [1.82, 2.24) is 0 Å². The van der Waals surface area contributed by atoms with Gasteiger partial charge in [0.1, 0.15) is 11.5 Å². The third kappa shape index (κ3) is 3.31. The number of carbonyl (C=O) groups excluding carboxylic acids is 1. The highest BCUT2D eigenvalue weighted by Gasteiger charge is 1.96. The minimum Gasteiger partial charge on any atom is -0.460 e. The van der Waals surface area contributed by atoms with Gasteiger partial charge in [-0.1, -0.05) is 0 Å². The Kier molecular flexibility index (Phi) is 3.57. The third-order valence-electron chi connectivity index (χ3n) is 2.29. The van der Waals surface area contributed by atoms with Crippen LogP contribution in [0.5, 0.6) is 0 Å². The first kappa shape index (κ1) is 12.1. The molecule has 18 heavy (non-hydrogen) atoms. The summed E-state index contributed by atoms with van der Waals surface area (Å²) in [6.45, 7) is 3.37. The number of amides is 1. The molecule has 1 aromatic heterocycles. The predicted molar refractivity (Wildman–Crippen MR) is 71.4 cm³/mol. The zero-order valence-electron chi connectivity index (χ0n) is 10.3. The van der Waals surface area contributed by atoms with Crippen LogP contribution < -0.4 is 5.32 Å². The van der Waals surface area contributed by atoms with Crippen LogP contribution in [0.2, 0.25) is 0 Å². The van der Waals surface area contributed by atoms with Crippen LogP contribution in [0.15, 0.2) is 45.8 Å². The number of hydrogen-bond donors (Lipinski definition) is 1. The summed E-state index contributed by atoms with van der Waals surface area (Å²) in [5.74, 6) is 1.49. The molecule has 4 heteroatoms. The molecule has 0 saturated carbocycles. The van der Waals surface area contributed by atoms with Crippen molar-refractivity contribution in [2.24, 2.45) is 4.99 Å². The van der Waals surface area contributed by atoms with Gasteiger partial charge in [0.05, 0.1) is 11.9 Å². The van der Waals surface area contributed by atoms with E-state index in [4.69, 9.17) is 4.42 Å². The number of carbonyl (C=O) groups is 1. The number of aliphatic imine (C=N–C) groups is 1. The molecule has 0 fully saturated rings. The lowest BCUT2D eigenvalue weighted by atomic mass is 10.3. The van der Waals surface area contributed by atoms with E-state index < -0.39 is 0 Å². The molecule has 0 aliphatic carbocycles. The highest BCUT2D eigenvalue weighted by molar-refractivity contribution is 5.88. The lowest BCUT2D eigenvalue weighted by Crippen LogP contribution is -2.04. The number of aryl methyl sites for hydroxylation is 1. The molecule has 2 aromatic rings. The molecule has 0 radical (unpaired) electrons. The van der Waals surface area contributed by atoms with E-state index in [2.05, 4.69) is 10.3 Å². The zero-order chi connectivity index (χ0) is 13.0. The van der Waals surface area contributed by atoms with E-state index in [-0.39, 0.29) is 5.91 Å². The van der Waals surface area contributed by atoms with Crippen molar-refractivity contribution in [2.45, 2.75) is 13.8 Å². The van der Waals surface area contributed by atoms with Crippen LogP contribution in [-0.2, 0) is 4.79 Å². The van der Waals surface area contributed by atoms with Crippen molar-refractivity contribution in [3.63, 3.8) is 0 Å². The maximum absolute atomic E-state index is 10.9. The molecule has 2 rings (SSSR count). The average Bonchev–Trinajstić information content (AvgIpc) is 2.74. The van der Waals surface area contributed by atoms with Crippen molar-refractivity contribution >= 4 is 23.5 Å². The standard InChI is InChI=1S/C14H14N2O2/c1-10-3-8-14(18-10)9-15-12-4-6-13(7-5-12)16-11(2)17/h3-9H,1-2H3,(H,16,17). The van der Waals surface area contributed by atoms with E-state index in [0.717, 1.165) is 22.9 Å². The molecule has 0 unspecified atom stereocenters. The van der Waals surface area contributed by atoms with E-state index >= 15 is 0 Å². The number of rotatable bonds is 3. The second-order valence-electron chi connectivity index (χ2n) is 3.93. The maximum Gasteiger partial charge on any atom is 0.221 e. The molecule has 0 aliphatic heterocycles. The lowest BCUT2D eigenvalue weighted by Gasteiger charge is -2.01. The maximum atomic E-state index is 10.9. The van der Waals surface area contributed by atoms with Gasteiger partial charge in [0, 0.05) is 12.6 Å². The Bertz CT molecular complexity index is 568. The van der Waals surface area contributed by atoms with E-state index in [1.165, 1.54) is 6.92 Å². The van der Waals surface area contributed by atoms with Gasteiger partial charge in [0.2, 0.25) is 5.91 Å². The summed E-state index contributed by atoms with van der Waals surface area (Å²) < 4.78 is 5.38. The second kappa shape index (κ2) is 5.31. The largest absolute Gasteiger partial charge is 0.460 e. The van der Waals surface area contributed by atoms with Gasteiger partial charge in [-0.2, -0.15) is 0 Å². The van der Waals surface area contributed by atoms with Crippen LogP contribution in [0.25, 0.3) is 0 Å². The Morgan fingerprint density at radius 3 is 2.50 bits per heavy atom. The molecule has 92 valence electrons. The fourth-order valence-corrected chi connectivity index (χ4v) is 1.50. The van der Waals surface area contributed by atoms with Gasteiger partial charge in [-0.15, -0.1) is 0 Å². The Morgan fingerprint density at radius 2 is 1.94 bits per heavy atom. The molecule has 1 aromatic carbocycles. The first-order valence-corrected chi connectivity index (χ1v) is 5.61. The van der Waals surface area contributed by atoms with Gasteiger partial charge in [-0.25, -0.2) is 0 Å². The Morgan fingerprint density at radius 1 is 1.22 bits per heavy atom. The zero-order valence-corrected chi connectivity index (χ0v) is 10.3. The summed E-state index contributed by atoms with van der Waals surface area (Å²) in [6.07, 6.45) is 1.67. The number of anilines is 1. The van der Waals surface area contributed by atoms with E-state index in [0.29, 0.717) is 0 Å². The summed E-state index contributed by atoms with van der Waals surface area (Å²) in [4.78, 5) is 15.1. The molecule has 1 N–H and O–H groups in total. The monoisotopic (exact) mass is 242 g/mol. The van der Waals surface area contributed by atoms with Crippen molar-refractivity contribution in [1.29, 1.82) is 0 Å². The van der Waals surface area contributed by atoms with Gasteiger partial charge in [0.25, 0.3) is 0 Å². The number of furan rings is 1. The van der Waals surface area contributed by atoms with Gasteiger partial charge in [-0.3, -0.25) is 9.79 Å². The Hall–Kier alpha value is -2.36. The van der Waals surface area contributed by atoms with Gasteiger partial charge in [0.15, 0.2) is 0 Å². The normalized spacial score (nSPS) is 10.8. The molecule has 0 saturated heterocycles. The van der Waals surface area contributed by atoms with E-state index in [9.17, 15) is 4.79 Å². The smallest absolute Gasteiger partial charge is 0.221 e. The first-order valence-electron chi connectivity index (χ1n) is 5.61. The predicted octanol–water partition coefficient (Wildman–Crippen LogP) is 3.30. The van der Waals surface area contributed by atoms with Gasteiger partial charge in [-0.05, 0) is 43.3 Å². The highest BCUT2D eigenvalue weighted by Crippen LogP contribution is 2.16. The van der Waals surface area contributed by atoms with Crippen LogP contribution in [0, 0.1) is 6.92 Å². The summed E-state index contributed by atoms with van der Waals surface area (Å²) in [7, 11) is 0. The highest BCUT2D eigenvalue weighted by atomic mass is 16.3. The Balaban J connectivity index is 2.06. The molecule has 1 heterocycles. The molecule has 0 atom stereocenters. The quantitative estimate of drug-likeness (QED) is 0.839. The molecule has 0 spiro atoms. The topological polar surface area (TPSA) is 54.6 Å². The molecule has 1 amide bonds. The van der Waals surface area contributed by atoms with Gasteiger partial charge < -0.3 is 9.73 Å². The van der Waals surface area contributed by atoms with Gasteiger partial charge >= 0.3 is 0 Å². The van der Waals surface area contributed by atoms with Crippen molar-refractivity contribution < 1.29 is 9.21 Å². The minimum atomic E-state index is -0.0858. The van der Waals surface area contributed by atoms with Crippen LogP contribution in [0.4, 0.5) is 11.4 Å². The molecule has 4 nitrogen and oxygen atoms in total. The molecule has 0 aliphatic rings. The van der Waals surface area contributed by atoms with Crippen molar-refractivity contribution in [3.8, 4) is 0 Å². The third-order valence-corrected chi connectivity index (χ3v) is 2.29. The second-order valence-corrected chi connectivity index (χ2v) is 3.93. The molecule has 0 bridgehead atoms. The number of hydrogen-bond acceptors (Lipinski definition) is 3. The summed E-state index contributed by atoms with van der Waals surface area (Å²) in [5, 5.41) is 2.70. The fourth-order valence-electron chi connectivity index (χ4n) is 1.50. The molecular formula is C14H14N2O2. The first-order chi connectivity index (χ1) is 8.63. The summed E-state index contributed by atoms with van der Waals surface area (Å²) >= 11 is 0. The van der Waals surface area contributed by atoms with Crippen LogP contribution >= 0.6 is 0 Å². The average molecular weight is 242 g/mol. The number of nitrogens with zero attached hydrogens (tertiary/aromatic N) is 1. The van der Waals surface area contributed by atoms with Crippen LogP contribution in [-0.4, -0.2) is 12.1 Å². The van der Waals surface area contributed by atoms with Crippen molar-refractivity contribution in [2.75, 3.05) is 5.32 Å². The SMILES string of the molecule is CC(=O)Nc1ccc(N=Cc2ccc(C)o2)cc1. The minimum absolute atomic E-state index is 0.0858. The molecular weight excluding hydrogens is 228 g/mol. The van der Waals surface area contributed by atoms with Crippen LogP contribution in [0.1, 0.15) is 18.4 Å². The Labute approximate surface area is 105 Å². The van der Waals surface area contributed by atoms with E-state index in [1.807, 2.05) is 43.3 Å².